The second-order valence-corrected chi connectivity index (χ2v) is 6.71. The third-order valence-corrected chi connectivity index (χ3v) is 4.83. The van der Waals surface area contributed by atoms with Crippen LogP contribution < -0.4 is 14.8 Å². The van der Waals surface area contributed by atoms with E-state index in [2.05, 4.69) is 5.32 Å². The number of ether oxygens (including phenoxy) is 3. The van der Waals surface area contributed by atoms with Gasteiger partial charge in [0.15, 0.2) is 11.5 Å². The van der Waals surface area contributed by atoms with Crippen molar-refractivity contribution in [2.45, 2.75) is 63.7 Å². The van der Waals surface area contributed by atoms with Crippen LogP contribution in [0.2, 0.25) is 0 Å². The first kappa shape index (κ1) is 21.0. The predicted octanol–water partition coefficient (Wildman–Crippen LogP) is 3.07. The van der Waals surface area contributed by atoms with E-state index in [0.717, 1.165) is 25.7 Å². The zero-order valence-electron chi connectivity index (χ0n) is 16.2. The maximum Gasteiger partial charge on any atom is 0.305 e. The van der Waals surface area contributed by atoms with Crippen LogP contribution in [0.3, 0.4) is 0 Å². The Kier molecular flexibility index (Phi) is 7.91. The van der Waals surface area contributed by atoms with Gasteiger partial charge in [-0.25, -0.2) is 0 Å². The van der Waals surface area contributed by atoms with E-state index < -0.39 is 18.1 Å². The normalized spacial score (nSPS) is 16.6. The highest BCUT2D eigenvalue weighted by Gasteiger charge is 2.27. The van der Waals surface area contributed by atoms with Crippen LogP contribution in [0.5, 0.6) is 11.5 Å². The van der Waals surface area contributed by atoms with E-state index in [4.69, 9.17) is 14.2 Å². The van der Waals surface area contributed by atoms with E-state index in [-0.39, 0.29) is 18.4 Å². The summed E-state index contributed by atoms with van der Waals surface area (Å²) in [6.07, 6.45) is 4.02. The maximum absolute atomic E-state index is 12.7. The zero-order valence-corrected chi connectivity index (χ0v) is 16.2. The summed E-state index contributed by atoms with van der Waals surface area (Å²) in [7, 11) is 3.04. The number of carboxylic acids is 1. The molecule has 150 valence electrons. The molecule has 1 amide bonds. The molecule has 0 radical (unpaired) electrons. The average molecular weight is 379 g/mol. The molecule has 1 aliphatic carbocycles. The van der Waals surface area contributed by atoms with Crippen LogP contribution in [-0.4, -0.2) is 43.4 Å². The van der Waals surface area contributed by atoms with Gasteiger partial charge in [0.2, 0.25) is 5.91 Å². The van der Waals surface area contributed by atoms with Crippen molar-refractivity contribution in [2.24, 2.45) is 0 Å². The molecule has 1 aliphatic rings. The van der Waals surface area contributed by atoms with Gasteiger partial charge in [-0.1, -0.05) is 25.8 Å². The van der Waals surface area contributed by atoms with E-state index in [1.54, 1.807) is 18.2 Å². The number of hydrogen-bond donors (Lipinski definition) is 2. The van der Waals surface area contributed by atoms with Crippen LogP contribution in [0.4, 0.5) is 0 Å². The minimum atomic E-state index is -1.00. The van der Waals surface area contributed by atoms with Gasteiger partial charge in [-0.05, 0) is 37.0 Å². The zero-order chi connectivity index (χ0) is 19.8. The molecule has 0 aromatic heterocycles. The van der Waals surface area contributed by atoms with Crippen molar-refractivity contribution < 1.29 is 28.9 Å². The van der Waals surface area contributed by atoms with Crippen molar-refractivity contribution in [1.82, 2.24) is 5.32 Å². The Morgan fingerprint density at radius 2 is 1.85 bits per heavy atom. The number of carbonyl (C=O) groups is 2. The van der Waals surface area contributed by atoms with Gasteiger partial charge in [0.1, 0.15) is 6.10 Å². The second-order valence-electron chi connectivity index (χ2n) is 6.71. The average Bonchev–Trinajstić information content (AvgIpc) is 3.17. The molecule has 2 N–H and O–H groups in total. The number of rotatable bonds is 10. The first-order chi connectivity index (χ1) is 13.0. The van der Waals surface area contributed by atoms with Crippen LogP contribution in [0.15, 0.2) is 18.2 Å². The van der Waals surface area contributed by atoms with Gasteiger partial charge < -0.3 is 24.6 Å². The highest BCUT2D eigenvalue weighted by Crippen LogP contribution is 2.31. The Morgan fingerprint density at radius 1 is 1.19 bits per heavy atom. The molecular formula is C20H29NO6. The number of methoxy groups -OCH3 is 2. The number of hydrogen-bond acceptors (Lipinski definition) is 5. The summed E-state index contributed by atoms with van der Waals surface area (Å²) >= 11 is 0. The molecule has 2 unspecified atom stereocenters. The Morgan fingerprint density at radius 3 is 2.41 bits per heavy atom. The quantitative estimate of drug-likeness (QED) is 0.649. The van der Waals surface area contributed by atoms with Gasteiger partial charge in [0, 0.05) is 0 Å². The van der Waals surface area contributed by atoms with Crippen molar-refractivity contribution in [3.05, 3.63) is 23.8 Å². The van der Waals surface area contributed by atoms with Gasteiger partial charge in [0.25, 0.3) is 0 Å². The number of carbonyl (C=O) groups excluding carboxylic acids is 1. The molecule has 0 heterocycles. The van der Waals surface area contributed by atoms with Crippen molar-refractivity contribution >= 4 is 11.9 Å². The monoisotopic (exact) mass is 379 g/mol. The van der Waals surface area contributed by atoms with Crippen molar-refractivity contribution in [1.29, 1.82) is 0 Å². The third kappa shape index (κ3) is 5.85. The van der Waals surface area contributed by atoms with Gasteiger partial charge in [-0.2, -0.15) is 0 Å². The summed E-state index contributed by atoms with van der Waals surface area (Å²) in [6, 6.07) is 4.43. The van der Waals surface area contributed by atoms with Gasteiger partial charge in [-0.3, -0.25) is 9.59 Å². The summed E-state index contributed by atoms with van der Waals surface area (Å²) in [5.41, 5.74) is 0.638. The van der Waals surface area contributed by atoms with E-state index in [9.17, 15) is 14.7 Å². The SMILES string of the molecule is CCC(OC1CCCC1)C(=O)NC(CC(=O)O)c1ccc(OC)c(OC)c1. The Labute approximate surface area is 160 Å². The summed E-state index contributed by atoms with van der Waals surface area (Å²) in [4.78, 5) is 24.0. The predicted molar refractivity (Wildman–Crippen MR) is 100 cm³/mol. The molecule has 0 aliphatic heterocycles. The number of amides is 1. The summed E-state index contributed by atoms with van der Waals surface area (Å²) in [5.74, 6) is -0.267. The molecule has 7 nitrogen and oxygen atoms in total. The lowest BCUT2D eigenvalue weighted by Gasteiger charge is -2.24. The largest absolute Gasteiger partial charge is 0.493 e. The van der Waals surface area contributed by atoms with Crippen LogP contribution in [0, 0.1) is 0 Å². The fraction of sp³-hybridized carbons (Fsp3) is 0.600. The molecule has 0 spiro atoms. The number of nitrogens with one attached hydrogen (secondary N) is 1. The Balaban J connectivity index is 2.15. The highest BCUT2D eigenvalue weighted by atomic mass is 16.5. The van der Waals surface area contributed by atoms with Crippen molar-refractivity contribution in [3.8, 4) is 11.5 Å². The van der Waals surface area contributed by atoms with Crippen LogP contribution in [0.25, 0.3) is 0 Å². The molecule has 0 bridgehead atoms. The van der Waals surface area contributed by atoms with E-state index >= 15 is 0 Å². The lowest BCUT2D eigenvalue weighted by Crippen LogP contribution is -2.40. The van der Waals surface area contributed by atoms with E-state index in [0.29, 0.717) is 23.5 Å². The minimum Gasteiger partial charge on any atom is -0.493 e. The number of aliphatic carboxylic acids is 1. The molecule has 2 atom stereocenters. The van der Waals surface area contributed by atoms with Crippen LogP contribution in [0.1, 0.15) is 57.1 Å². The highest BCUT2D eigenvalue weighted by molar-refractivity contribution is 5.82. The smallest absolute Gasteiger partial charge is 0.305 e. The maximum atomic E-state index is 12.7. The Bertz CT molecular complexity index is 641. The van der Waals surface area contributed by atoms with Gasteiger partial charge in [0.05, 0.1) is 32.8 Å². The Hall–Kier alpha value is -2.28. The molecule has 2 rings (SSSR count). The second kappa shape index (κ2) is 10.2. The van der Waals surface area contributed by atoms with E-state index in [1.165, 1.54) is 14.2 Å². The summed E-state index contributed by atoms with van der Waals surface area (Å²) < 4.78 is 16.4. The first-order valence-corrected chi connectivity index (χ1v) is 9.38. The standard InChI is InChI=1S/C20H29NO6/c1-4-16(27-14-7-5-6-8-14)20(24)21-15(12-19(22)23)13-9-10-17(25-2)18(11-13)26-3/h9-11,14-16H,4-8,12H2,1-3H3,(H,21,24)(H,22,23). The lowest BCUT2D eigenvalue weighted by atomic mass is 10.0. The molecular weight excluding hydrogens is 350 g/mol. The fourth-order valence-electron chi connectivity index (χ4n) is 3.36. The molecule has 1 aromatic rings. The summed E-state index contributed by atoms with van der Waals surface area (Å²) in [5, 5.41) is 12.1. The van der Waals surface area contributed by atoms with Gasteiger partial charge >= 0.3 is 5.97 Å². The summed E-state index contributed by atoms with van der Waals surface area (Å²) in [6.45, 7) is 1.89. The van der Waals surface area contributed by atoms with Crippen molar-refractivity contribution in [3.63, 3.8) is 0 Å². The molecule has 0 saturated heterocycles. The lowest BCUT2D eigenvalue weighted by molar-refractivity contribution is -0.140. The molecule has 7 heteroatoms. The third-order valence-electron chi connectivity index (χ3n) is 4.83. The first-order valence-electron chi connectivity index (χ1n) is 9.38. The van der Waals surface area contributed by atoms with Crippen molar-refractivity contribution in [2.75, 3.05) is 14.2 Å². The fourth-order valence-corrected chi connectivity index (χ4v) is 3.36. The van der Waals surface area contributed by atoms with Crippen LogP contribution in [-0.2, 0) is 14.3 Å². The minimum absolute atomic E-state index is 0.111. The number of benzene rings is 1. The van der Waals surface area contributed by atoms with E-state index in [1.807, 2.05) is 6.92 Å². The molecule has 27 heavy (non-hydrogen) atoms. The molecule has 1 aromatic carbocycles. The molecule has 1 saturated carbocycles. The van der Waals surface area contributed by atoms with Crippen LogP contribution >= 0.6 is 0 Å². The number of carboxylic acid groups (broad SMARTS) is 1. The topological polar surface area (TPSA) is 94.1 Å². The van der Waals surface area contributed by atoms with Gasteiger partial charge in [-0.15, -0.1) is 0 Å². The molecule has 1 fully saturated rings.